The van der Waals surface area contributed by atoms with Gasteiger partial charge in [-0.3, -0.25) is 0 Å². The van der Waals surface area contributed by atoms with Crippen molar-refractivity contribution in [2.24, 2.45) is 0 Å². The van der Waals surface area contributed by atoms with Gasteiger partial charge in [-0.1, -0.05) is 18.2 Å². The molecule has 0 aromatic heterocycles. The molecule has 19 heavy (non-hydrogen) atoms. The van der Waals surface area contributed by atoms with Crippen LogP contribution in [0.1, 0.15) is 29.7 Å². The van der Waals surface area contributed by atoms with Gasteiger partial charge in [-0.15, -0.1) is 0 Å². The Bertz CT molecular complexity index is 612. The van der Waals surface area contributed by atoms with Crippen molar-refractivity contribution in [3.63, 3.8) is 0 Å². The Hall–Kier alpha value is -2.34. The summed E-state index contributed by atoms with van der Waals surface area (Å²) in [5.74, 6) is -0.211. The SMILES string of the molecule is Cc1ccc(NC(C)c2ccc(C#N)cc2)cc1F. The average molecular weight is 254 g/mol. The molecule has 2 nitrogen and oxygen atoms in total. The molecule has 0 amide bonds. The normalized spacial score (nSPS) is 11.7. The molecule has 2 rings (SSSR count). The number of rotatable bonds is 3. The number of anilines is 1. The van der Waals surface area contributed by atoms with E-state index >= 15 is 0 Å². The van der Waals surface area contributed by atoms with Gasteiger partial charge >= 0.3 is 0 Å². The first-order valence-electron chi connectivity index (χ1n) is 6.13. The molecule has 1 unspecified atom stereocenters. The van der Waals surface area contributed by atoms with E-state index < -0.39 is 0 Å². The highest BCUT2D eigenvalue weighted by atomic mass is 19.1. The van der Waals surface area contributed by atoms with Gasteiger partial charge in [0, 0.05) is 11.7 Å². The molecule has 96 valence electrons. The highest BCUT2D eigenvalue weighted by Gasteiger charge is 2.06. The van der Waals surface area contributed by atoms with Crippen molar-refractivity contribution in [3.8, 4) is 6.07 Å². The third-order valence-electron chi connectivity index (χ3n) is 3.09. The molecule has 0 saturated heterocycles. The van der Waals surface area contributed by atoms with E-state index in [9.17, 15) is 4.39 Å². The second-order valence-corrected chi connectivity index (χ2v) is 4.56. The summed E-state index contributed by atoms with van der Waals surface area (Å²) in [6.45, 7) is 3.74. The summed E-state index contributed by atoms with van der Waals surface area (Å²) in [7, 11) is 0. The molecule has 0 saturated carbocycles. The van der Waals surface area contributed by atoms with Crippen LogP contribution in [0.4, 0.5) is 10.1 Å². The lowest BCUT2D eigenvalue weighted by Crippen LogP contribution is -2.06. The molecule has 2 aromatic rings. The number of hydrogen-bond acceptors (Lipinski definition) is 2. The summed E-state index contributed by atoms with van der Waals surface area (Å²) in [5.41, 5.74) is 3.08. The molecule has 3 heteroatoms. The molecule has 0 aliphatic carbocycles. The number of halogens is 1. The molecule has 0 aliphatic rings. The van der Waals surface area contributed by atoms with E-state index in [1.807, 2.05) is 25.1 Å². The number of nitriles is 1. The molecular formula is C16H15FN2. The van der Waals surface area contributed by atoms with Crippen molar-refractivity contribution >= 4 is 5.69 Å². The van der Waals surface area contributed by atoms with Crippen molar-refractivity contribution in [3.05, 3.63) is 65.0 Å². The first-order valence-corrected chi connectivity index (χ1v) is 6.13. The number of nitrogens with zero attached hydrogens (tertiary/aromatic N) is 1. The lowest BCUT2D eigenvalue weighted by atomic mass is 10.1. The summed E-state index contributed by atoms with van der Waals surface area (Å²) in [6.07, 6.45) is 0. The zero-order valence-electron chi connectivity index (χ0n) is 10.9. The van der Waals surface area contributed by atoms with E-state index in [1.165, 1.54) is 6.07 Å². The van der Waals surface area contributed by atoms with Gasteiger partial charge in [-0.05, 0) is 49.2 Å². The summed E-state index contributed by atoms with van der Waals surface area (Å²) in [6, 6.07) is 14.6. The third-order valence-corrected chi connectivity index (χ3v) is 3.09. The first-order chi connectivity index (χ1) is 9.10. The molecule has 0 radical (unpaired) electrons. The second kappa shape index (κ2) is 5.53. The van der Waals surface area contributed by atoms with Crippen molar-refractivity contribution < 1.29 is 4.39 Å². The molecular weight excluding hydrogens is 239 g/mol. The van der Waals surface area contributed by atoms with Crippen LogP contribution in [0.3, 0.4) is 0 Å². The summed E-state index contributed by atoms with van der Waals surface area (Å²) < 4.78 is 13.5. The second-order valence-electron chi connectivity index (χ2n) is 4.56. The lowest BCUT2D eigenvalue weighted by Gasteiger charge is -2.16. The van der Waals surface area contributed by atoms with E-state index in [0.29, 0.717) is 11.1 Å². The van der Waals surface area contributed by atoms with Crippen LogP contribution in [-0.2, 0) is 0 Å². The van der Waals surface area contributed by atoms with Gasteiger partial charge in [-0.25, -0.2) is 4.39 Å². The van der Waals surface area contributed by atoms with Crippen LogP contribution in [0.5, 0.6) is 0 Å². The minimum absolute atomic E-state index is 0.0508. The largest absolute Gasteiger partial charge is 0.378 e. The monoisotopic (exact) mass is 254 g/mol. The van der Waals surface area contributed by atoms with E-state index in [1.54, 1.807) is 25.1 Å². The molecule has 0 aliphatic heterocycles. The van der Waals surface area contributed by atoms with Crippen LogP contribution < -0.4 is 5.32 Å². The van der Waals surface area contributed by atoms with E-state index in [-0.39, 0.29) is 11.9 Å². The van der Waals surface area contributed by atoms with Crippen molar-refractivity contribution in [2.75, 3.05) is 5.32 Å². The maximum atomic E-state index is 13.5. The Kier molecular flexibility index (Phi) is 3.82. The zero-order chi connectivity index (χ0) is 13.8. The Morgan fingerprint density at radius 1 is 1.16 bits per heavy atom. The highest BCUT2D eigenvalue weighted by Crippen LogP contribution is 2.21. The standard InChI is InChI=1S/C16H15FN2/c1-11-3-8-15(9-16(11)17)19-12(2)14-6-4-13(10-18)5-7-14/h3-9,12,19H,1-2H3. The first kappa shape index (κ1) is 13.1. The summed E-state index contributed by atoms with van der Waals surface area (Å²) in [4.78, 5) is 0. The Morgan fingerprint density at radius 3 is 2.42 bits per heavy atom. The van der Waals surface area contributed by atoms with Gasteiger partial charge < -0.3 is 5.32 Å². The quantitative estimate of drug-likeness (QED) is 0.891. The van der Waals surface area contributed by atoms with Crippen molar-refractivity contribution in [1.29, 1.82) is 5.26 Å². The number of benzene rings is 2. The lowest BCUT2D eigenvalue weighted by molar-refractivity contribution is 0.618. The molecule has 1 atom stereocenters. The average Bonchev–Trinajstić information content (AvgIpc) is 2.43. The van der Waals surface area contributed by atoms with Gasteiger partial charge in [0.1, 0.15) is 5.82 Å². The molecule has 1 N–H and O–H groups in total. The van der Waals surface area contributed by atoms with E-state index in [2.05, 4.69) is 11.4 Å². The minimum atomic E-state index is -0.211. The van der Waals surface area contributed by atoms with Crippen LogP contribution in [0.15, 0.2) is 42.5 Å². The maximum Gasteiger partial charge on any atom is 0.128 e. The smallest absolute Gasteiger partial charge is 0.128 e. The minimum Gasteiger partial charge on any atom is -0.378 e. The van der Waals surface area contributed by atoms with Crippen molar-refractivity contribution in [1.82, 2.24) is 0 Å². The fourth-order valence-electron chi connectivity index (χ4n) is 1.86. The zero-order valence-corrected chi connectivity index (χ0v) is 10.9. The van der Waals surface area contributed by atoms with E-state index in [0.717, 1.165) is 11.3 Å². The highest BCUT2D eigenvalue weighted by molar-refractivity contribution is 5.47. The van der Waals surface area contributed by atoms with E-state index in [4.69, 9.17) is 5.26 Å². The molecule has 2 aromatic carbocycles. The van der Waals surface area contributed by atoms with Crippen molar-refractivity contribution in [2.45, 2.75) is 19.9 Å². The fraction of sp³-hybridized carbons (Fsp3) is 0.188. The molecule has 0 bridgehead atoms. The van der Waals surface area contributed by atoms with Crippen LogP contribution in [-0.4, -0.2) is 0 Å². The topological polar surface area (TPSA) is 35.8 Å². The van der Waals surface area contributed by atoms with Crippen LogP contribution in [0.25, 0.3) is 0 Å². The summed E-state index contributed by atoms with van der Waals surface area (Å²) in [5, 5.41) is 12.0. The van der Waals surface area contributed by atoms with Gasteiger partial charge in [0.2, 0.25) is 0 Å². The maximum absolute atomic E-state index is 13.5. The predicted octanol–water partition coefficient (Wildman–Crippen LogP) is 4.18. The third kappa shape index (κ3) is 3.11. The summed E-state index contributed by atoms with van der Waals surface area (Å²) >= 11 is 0. The molecule has 0 fully saturated rings. The van der Waals surface area contributed by atoms with Gasteiger partial charge in [0.25, 0.3) is 0 Å². The Balaban J connectivity index is 2.13. The molecule has 0 spiro atoms. The van der Waals surface area contributed by atoms with Gasteiger partial charge in [0.15, 0.2) is 0 Å². The number of aryl methyl sites for hydroxylation is 1. The number of nitrogens with one attached hydrogen (secondary N) is 1. The Labute approximate surface area is 112 Å². The van der Waals surface area contributed by atoms with Crippen LogP contribution >= 0.6 is 0 Å². The fourth-order valence-corrected chi connectivity index (χ4v) is 1.86. The van der Waals surface area contributed by atoms with Gasteiger partial charge in [-0.2, -0.15) is 5.26 Å². The Morgan fingerprint density at radius 2 is 1.84 bits per heavy atom. The van der Waals surface area contributed by atoms with Gasteiger partial charge in [0.05, 0.1) is 11.6 Å². The number of hydrogen-bond donors (Lipinski definition) is 1. The van der Waals surface area contributed by atoms with Crippen LogP contribution in [0.2, 0.25) is 0 Å². The molecule has 0 heterocycles. The van der Waals surface area contributed by atoms with Crippen LogP contribution in [0, 0.1) is 24.1 Å². The predicted molar refractivity (Wildman–Crippen MR) is 74.3 cm³/mol.